The Morgan fingerprint density at radius 1 is 0.964 bits per heavy atom. The van der Waals surface area contributed by atoms with Crippen molar-refractivity contribution in [2.45, 2.75) is 6.61 Å². The van der Waals surface area contributed by atoms with Crippen LogP contribution in [0.15, 0.2) is 82.0 Å². The summed E-state index contributed by atoms with van der Waals surface area (Å²) in [5.41, 5.74) is 1.98. The minimum atomic E-state index is -0.183. The summed E-state index contributed by atoms with van der Waals surface area (Å²) in [5, 5.41) is 1.000. The Balaban J connectivity index is 1.79. The van der Waals surface area contributed by atoms with E-state index in [0.717, 1.165) is 11.1 Å². The van der Waals surface area contributed by atoms with Gasteiger partial charge < -0.3 is 13.9 Å². The van der Waals surface area contributed by atoms with Crippen molar-refractivity contribution in [3.63, 3.8) is 0 Å². The van der Waals surface area contributed by atoms with Crippen LogP contribution in [0.3, 0.4) is 0 Å². The Morgan fingerprint density at radius 3 is 2.43 bits per heavy atom. The van der Waals surface area contributed by atoms with Gasteiger partial charge in [0, 0.05) is 28.8 Å². The molecule has 3 aromatic carbocycles. The van der Waals surface area contributed by atoms with Crippen LogP contribution in [0.2, 0.25) is 5.02 Å². The summed E-state index contributed by atoms with van der Waals surface area (Å²) in [6, 6.07) is 21.7. The number of methoxy groups -OCH3 is 1. The molecule has 0 unspecified atom stereocenters. The van der Waals surface area contributed by atoms with Crippen LogP contribution in [0, 0.1) is 0 Å². The molecule has 0 radical (unpaired) electrons. The fourth-order valence-electron chi connectivity index (χ4n) is 2.95. The van der Waals surface area contributed by atoms with Crippen molar-refractivity contribution in [3.8, 4) is 22.8 Å². The second-order valence-electron chi connectivity index (χ2n) is 6.25. The van der Waals surface area contributed by atoms with Crippen molar-refractivity contribution in [2.75, 3.05) is 7.11 Å². The number of hydrogen-bond donors (Lipinski definition) is 0. The molecule has 0 amide bonds. The molecule has 28 heavy (non-hydrogen) atoms. The molecule has 0 aliphatic carbocycles. The molecular weight excluding hydrogens is 376 g/mol. The van der Waals surface area contributed by atoms with Gasteiger partial charge in [-0.25, -0.2) is 0 Å². The van der Waals surface area contributed by atoms with Gasteiger partial charge in [0.05, 0.1) is 7.11 Å². The Bertz CT molecular complexity index is 1170. The van der Waals surface area contributed by atoms with Crippen molar-refractivity contribution in [1.29, 1.82) is 0 Å². The molecule has 0 aliphatic heterocycles. The second-order valence-corrected chi connectivity index (χ2v) is 6.69. The molecule has 4 rings (SSSR count). The molecule has 0 N–H and O–H groups in total. The zero-order valence-electron chi connectivity index (χ0n) is 15.1. The summed E-state index contributed by atoms with van der Waals surface area (Å²) in [6.45, 7) is 0.335. The minimum Gasteiger partial charge on any atom is -0.496 e. The largest absolute Gasteiger partial charge is 0.496 e. The van der Waals surface area contributed by atoms with E-state index < -0.39 is 0 Å². The zero-order valence-corrected chi connectivity index (χ0v) is 15.9. The van der Waals surface area contributed by atoms with Crippen LogP contribution >= 0.6 is 11.6 Å². The molecule has 0 spiro atoms. The van der Waals surface area contributed by atoms with Gasteiger partial charge in [0.25, 0.3) is 0 Å². The number of halogens is 1. The summed E-state index contributed by atoms with van der Waals surface area (Å²) in [5.74, 6) is 1.43. The van der Waals surface area contributed by atoms with Crippen LogP contribution in [-0.4, -0.2) is 7.11 Å². The van der Waals surface area contributed by atoms with Crippen LogP contribution in [0.4, 0.5) is 0 Å². The predicted octanol–water partition coefficient (Wildman–Crippen LogP) is 5.70. The van der Waals surface area contributed by atoms with Crippen molar-refractivity contribution >= 4 is 22.6 Å². The highest BCUT2D eigenvalue weighted by Crippen LogP contribution is 2.32. The Morgan fingerprint density at radius 2 is 1.71 bits per heavy atom. The molecule has 4 aromatic rings. The SMILES string of the molecule is COc1cc(OCc2ccccc2)c2c(=O)cc(-c3ccc(Cl)cc3)oc2c1. The van der Waals surface area contributed by atoms with Crippen LogP contribution in [-0.2, 0) is 6.61 Å². The number of fused-ring (bicyclic) bond motifs is 1. The maximum absolute atomic E-state index is 12.9. The van der Waals surface area contributed by atoms with Gasteiger partial charge in [-0.3, -0.25) is 4.79 Å². The first-order chi connectivity index (χ1) is 13.6. The van der Waals surface area contributed by atoms with Crippen LogP contribution < -0.4 is 14.9 Å². The molecular formula is C23H17ClO4. The summed E-state index contributed by atoms with van der Waals surface area (Å²) in [4.78, 5) is 12.9. The first kappa shape index (κ1) is 18.1. The quantitative estimate of drug-likeness (QED) is 0.437. The third-order valence-electron chi connectivity index (χ3n) is 4.37. The summed E-state index contributed by atoms with van der Waals surface area (Å²) in [7, 11) is 1.56. The fourth-order valence-corrected chi connectivity index (χ4v) is 3.08. The van der Waals surface area contributed by atoms with Gasteiger partial charge in [0.1, 0.15) is 34.8 Å². The van der Waals surface area contributed by atoms with Crippen molar-refractivity contribution in [2.24, 2.45) is 0 Å². The maximum atomic E-state index is 12.9. The molecule has 0 aliphatic rings. The van der Waals surface area contributed by atoms with E-state index in [-0.39, 0.29) is 5.43 Å². The highest BCUT2D eigenvalue weighted by molar-refractivity contribution is 6.30. The van der Waals surface area contributed by atoms with Crippen molar-refractivity contribution in [3.05, 3.63) is 93.6 Å². The highest BCUT2D eigenvalue weighted by atomic mass is 35.5. The Kier molecular flexibility index (Phi) is 5.04. The average Bonchev–Trinajstić information content (AvgIpc) is 2.72. The maximum Gasteiger partial charge on any atom is 0.197 e. The lowest BCUT2D eigenvalue weighted by Gasteiger charge is -2.12. The van der Waals surface area contributed by atoms with Gasteiger partial charge in [-0.05, 0) is 29.8 Å². The molecule has 0 bridgehead atoms. The molecule has 0 saturated heterocycles. The molecule has 1 aromatic heterocycles. The Labute approximate surface area is 166 Å². The topological polar surface area (TPSA) is 48.7 Å². The van der Waals surface area contributed by atoms with E-state index in [1.54, 1.807) is 43.5 Å². The smallest absolute Gasteiger partial charge is 0.197 e. The summed E-state index contributed by atoms with van der Waals surface area (Å²) < 4.78 is 17.3. The monoisotopic (exact) mass is 392 g/mol. The van der Waals surface area contributed by atoms with Gasteiger partial charge in [-0.1, -0.05) is 41.9 Å². The lowest BCUT2D eigenvalue weighted by Crippen LogP contribution is -2.05. The van der Waals surface area contributed by atoms with Crippen LogP contribution in [0.25, 0.3) is 22.3 Å². The third kappa shape index (κ3) is 3.73. The first-order valence-electron chi connectivity index (χ1n) is 8.72. The lowest BCUT2D eigenvalue weighted by atomic mass is 10.1. The van der Waals surface area contributed by atoms with E-state index in [1.807, 2.05) is 30.3 Å². The van der Waals surface area contributed by atoms with Gasteiger partial charge in [0.2, 0.25) is 0 Å². The van der Waals surface area contributed by atoms with Gasteiger partial charge in [-0.2, -0.15) is 0 Å². The molecule has 5 heteroatoms. The van der Waals surface area contributed by atoms with Crippen LogP contribution in [0.5, 0.6) is 11.5 Å². The molecule has 1 heterocycles. The minimum absolute atomic E-state index is 0.183. The number of benzene rings is 3. The lowest BCUT2D eigenvalue weighted by molar-refractivity contribution is 0.307. The third-order valence-corrected chi connectivity index (χ3v) is 4.62. The summed E-state index contributed by atoms with van der Waals surface area (Å²) >= 11 is 5.95. The zero-order chi connectivity index (χ0) is 19.5. The summed E-state index contributed by atoms with van der Waals surface area (Å²) in [6.07, 6.45) is 0. The normalized spacial score (nSPS) is 10.8. The standard InChI is InChI=1S/C23H17ClO4/c1-26-18-11-21(27-14-15-5-3-2-4-6-15)23-19(25)13-20(28-22(23)12-18)16-7-9-17(24)10-8-16/h2-13H,14H2,1H3. The molecule has 0 saturated carbocycles. The first-order valence-corrected chi connectivity index (χ1v) is 9.10. The van der Waals surface area contributed by atoms with Crippen molar-refractivity contribution in [1.82, 2.24) is 0 Å². The number of ether oxygens (including phenoxy) is 2. The van der Waals surface area contributed by atoms with E-state index in [0.29, 0.717) is 39.9 Å². The van der Waals surface area contributed by atoms with E-state index in [9.17, 15) is 4.79 Å². The Hall–Kier alpha value is -3.24. The second kappa shape index (κ2) is 7.79. The predicted molar refractivity (Wildman–Crippen MR) is 110 cm³/mol. The molecule has 140 valence electrons. The van der Waals surface area contributed by atoms with E-state index in [4.69, 9.17) is 25.5 Å². The van der Waals surface area contributed by atoms with Crippen LogP contribution in [0.1, 0.15) is 5.56 Å². The fraction of sp³-hybridized carbons (Fsp3) is 0.0870. The molecule has 0 fully saturated rings. The number of hydrogen-bond acceptors (Lipinski definition) is 4. The molecule has 0 atom stereocenters. The van der Waals surface area contributed by atoms with E-state index >= 15 is 0 Å². The van der Waals surface area contributed by atoms with Gasteiger partial charge >= 0.3 is 0 Å². The number of rotatable bonds is 5. The highest BCUT2D eigenvalue weighted by Gasteiger charge is 2.14. The van der Waals surface area contributed by atoms with Gasteiger partial charge in [0.15, 0.2) is 5.43 Å². The molecule has 4 nitrogen and oxygen atoms in total. The average molecular weight is 393 g/mol. The van der Waals surface area contributed by atoms with E-state index in [2.05, 4.69) is 0 Å². The van der Waals surface area contributed by atoms with Crippen molar-refractivity contribution < 1.29 is 13.9 Å². The van der Waals surface area contributed by atoms with Gasteiger partial charge in [-0.15, -0.1) is 0 Å². The van der Waals surface area contributed by atoms with E-state index in [1.165, 1.54) is 6.07 Å².